The summed E-state index contributed by atoms with van der Waals surface area (Å²) in [6.07, 6.45) is 1.87. The zero-order valence-electron chi connectivity index (χ0n) is 17.3. The number of imidazole rings is 1. The molecule has 2 aromatic carbocycles. The molecule has 0 fully saturated rings. The quantitative estimate of drug-likeness (QED) is 0.448. The Morgan fingerprint density at radius 3 is 2.72 bits per heavy atom. The van der Waals surface area contributed by atoms with E-state index in [1.165, 1.54) is 11.8 Å². The van der Waals surface area contributed by atoms with Crippen LogP contribution in [0.5, 0.6) is 17.2 Å². The van der Waals surface area contributed by atoms with Crippen LogP contribution in [0.15, 0.2) is 65.8 Å². The van der Waals surface area contributed by atoms with Crippen molar-refractivity contribution in [2.75, 3.05) is 31.4 Å². The molecule has 1 N–H and O–H groups in total. The van der Waals surface area contributed by atoms with Crippen molar-refractivity contribution < 1.29 is 19.0 Å². The van der Waals surface area contributed by atoms with Crippen LogP contribution in [0.3, 0.4) is 0 Å². The minimum absolute atomic E-state index is 0.127. The molecule has 5 rings (SSSR count). The van der Waals surface area contributed by atoms with Crippen LogP contribution in [0.2, 0.25) is 0 Å². The van der Waals surface area contributed by atoms with Gasteiger partial charge in [0.25, 0.3) is 0 Å². The van der Waals surface area contributed by atoms with Crippen LogP contribution >= 0.6 is 11.8 Å². The topological polar surface area (TPSA) is 87.0 Å². The van der Waals surface area contributed by atoms with Crippen molar-refractivity contribution >= 4 is 29.0 Å². The number of methoxy groups -OCH3 is 1. The average Bonchev–Trinajstić information content (AvgIpc) is 3.26. The fraction of sp³-hybridized carbons (Fsp3) is 0.174. The number of nitrogens with one attached hydrogen (secondary N) is 1. The van der Waals surface area contributed by atoms with Crippen molar-refractivity contribution in [1.82, 2.24) is 14.6 Å². The van der Waals surface area contributed by atoms with Gasteiger partial charge in [0.15, 0.2) is 17.1 Å². The van der Waals surface area contributed by atoms with Crippen LogP contribution in [0.1, 0.15) is 0 Å². The van der Waals surface area contributed by atoms with Gasteiger partial charge in [0.1, 0.15) is 24.0 Å². The number of amides is 1. The van der Waals surface area contributed by atoms with Gasteiger partial charge in [0.05, 0.1) is 24.8 Å². The van der Waals surface area contributed by atoms with E-state index < -0.39 is 0 Å². The van der Waals surface area contributed by atoms with E-state index in [-0.39, 0.29) is 11.7 Å². The van der Waals surface area contributed by atoms with Crippen molar-refractivity contribution in [3.05, 3.63) is 60.8 Å². The second-order valence-electron chi connectivity index (χ2n) is 7.02. The minimum atomic E-state index is -0.127. The SMILES string of the molecule is COc1ccc(-c2cn3nc(SCC(=O)Nc4ccc5c(c4)OCCO5)ccc3n2)cc1. The first-order chi connectivity index (χ1) is 15.7. The van der Waals surface area contributed by atoms with Gasteiger partial charge in [-0.15, -0.1) is 0 Å². The Hall–Kier alpha value is -3.72. The van der Waals surface area contributed by atoms with Crippen molar-refractivity contribution in [3.8, 4) is 28.5 Å². The number of thioether (sulfide) groups is 1. The molecule has 1 aliphatic heterocycles. The number of benzene rings is 2. The highest BCUT2D eigenvalue weighted by Crippen LogP contribution is 2.32. The number of hydrogen-bond acceptors (Lipinski definition) is 7. The number of carbonyl (C=O) groups is 1. The molecule has 162 valence electrons. The summed E-state index contributed by atoms with van der Waals surface area (Å²) in [5, 5.41) is 8.18. The van der Waals surface area contributed by atoms with E-state index in [1.807, 2.05) is 42.6 Å². The Morgan fingerprint density at radius 1 is 1.09 bits per heavy atom. The average molecular weight is 449 g/mol. The predicted octanol–water partition coefficient (Wildman–Crippen LogP) is 3.91. The summed E-state index contributed by atoms with van der Waals surface area (Å²) in [5.41, 5.74) is 3.20. The normalized spacial score (nSPS) is 12.5. The summed E-state index contributed by atoms with van der Waals surface area (Å²) in [5.74, 6) is 2.23. The third-order valence-corrected chi connectivity index (χ3v) is 5.78. The maximum atomic E-state index is 12.4. The highest BCUT2D eigenvalue weighted by molar-refractivity contribution is 7.99. The molecule has 0 saturated carbocycles. The van der Waals surface area contributed by atoms with Crippen LogP contribution in [0.25, 0.3) is 16.9 Å². The third-order valence-electron chi connectivity index (χ3n) is 4.86. The maximum Gasteiger partial charge on any atom is 0.234 e. The lowest BCUT2D eigenvalue weighted by molar-refractivity contribution is -0.113. The van der Waals surface area contributed by atoms with Crippen molar-refractivity contribution in [3.63, 3.8) is 0 Å². The number of fused-ring (bicyclic) bond motifs is 2. The second kappa shape index (κ2) is 8.80. The molecule has 0 bridgehead atoms. The van der Waals surface area contributed by atoms with Gasteiger partial charge >= 0.3 is 0 Å². The summed E-state index contributed by atoms with van der Waals surface area (Å²) < 4.78 is 18.0. The fourth-order valence-electron chi connectivity index (χ4n) is 3.30. The standard InChI is InChI=1S/C23H20N4O4S/c1-29-17-5-2-15(3-6-17)18-13-27-21(25-18)8-9-23(26-27)32-14-22(28)24-16-4-7-19-20(12-16)31-11-10-30-19/h2-9,12-13H,10-11,14H2,1H3,(H,24,28). The smallest absolute Gasteiger partial charge is 0.234 e. The van der Waals surface area contributed by atoms with Gasteiger partial charge in [-0.3, -0.25) is 4.79 Å². The van der Waals surface area contributed by atoms with Crippen LogP contribution in [0.4, 0.5) is 5.69 Å². The molecule has 0 atom stereocenters. The van der Waals surface area contributed by atoms with Crippen LogP contribution in [0, 0.1) is 0 Å². The highest BCUT2D eigenvalue weighted by atomic mass is 32.2. The Balaban J connectivity index is 1.23. The summed E-state index contributed by atoms with van der Waals surface area (Å²) >= 11 is 1.36. The van der Waals surface area contributed by atoms with Crippen molar-refractivity contribution in [2.45, 2.75) is 5.03 Å². The Morgan fingerprint density at radius 2 is 1.91 bits per heavy atom. The lowest BCUT2D eigenvalue weighted by atomic mass is 10.2. The number of hydrogen-bond donors (Lipinski definition) is 1. The van der Waals surface area contributed by atoms with E-state index in [1.54, 1.807) is 29.8 Å². The Labute approximate surface area is 188 Å². The van der Waals surface area contributed by atoms with Gasteiger partial charge in [0.2, 0.25) is 5.91 Å². The van der Waals surface area contributed by atoms with Gasteiger partial charge < -0.3 is 19.5 Å². The van der Waals surface area contributed by atoms with E-state index in [2.05, 4.69) is 15.4 Å². The van der Waals surface area contributed by atoms with Gasteiger partial charge in [-0.25, -0.2) is 9.50 Å². The molecule has 8 nitrogen and oxygen atoms in total. The lowest BCUT2D eigenvalue weighted by Crippen LogP contribution is -2.17. The first-order valence-electron chi connectivity index (χ1n) is 10.0. The predicted molar refractivity (Wildman–Crippen MR) is 122 cm³/mol. The van der Waals surface area contributed by atoms with Crippen LogP contribution in [-0.2, 0) is 4.79 Å². The molecule has 3 heterocycles. The Bertz CT molecular complexity index is 1270. The molecular formula is C23H20N4O4S. The maximum absolute atomic E-state index is 12.4. The van der Waals surface area contributed by atoms with E-state index in [0.29, 0.717) is 30.4 Å². The summed E-state index contributed by atoms with van der Waals surface area (Å²) in [4.78, 5) is 17.0. The molecule has 0 unspecified atom stereocenters. The lowest BCUT2D eigenvalue weighted by Gasteiger charge is -2.18. The molecule has 0 radical (unpaired) electrons. The summed E-state index contributed by atoms with van der Waals surface area (Å²) in [6.45, 7) is 1.04. The van der Waals surface area contributed by atoms with Gasteiger partial charge in [0, 0.05) is 17.3 Å². The molecule has 4 aromatic rings. The number of aromatic nitrogens is 3. The zero-order valence-corrected chi connectivity index (χ0v) is 18.1. The highest BCUT2D eigenvalue weighted by Gasteiger charge is 2.13. The molecular weight excluding hydrogens is 428 g/mol. The van der Waals surface area contributed by atoms with E-state index in [0.717, 1.165) is 27.7 Å². The van der Waals surface area contributed by atoms with Gasteiger partial charge in [-0.1, -0.05) is 11.8 Å². The number of rotatable bonds is 6. The number of ether oxygens (including phenoxy) is 3. The monoisotopic (exact) mass is 448 g/mol. The molecule has 1 amide bonds. The molecule has 1 aliphatic rings. The first kappa shape index (κ1) is 20.2. The molecule has 32 heavy (non-hydrogen) atoms. The largest absolute Gasteiger partial charge is 0.497 e. The summed E-state index contributed by atoms with van der Waals surface area (Å²) in [6, 6.07) is 16.8. The third kappa shape index (κ3) is 4.33. The van der Waals surface area contributed by atoms with E-state index in [9.17, 15) is 4.79 Å². The van der Waals surface area contributed by atoms with Crippen LogP contribution in [-0.4, -0.2) is 46.6 Å². The minimum Gasteiger partial charge on any atom is -0.497 e. The fourth-order valence-corrected chi connectivity index (χ4v) is 3.96. The van der Waals surface area contributed by atoms with Crippen LogP contribution < -0.4 is 19.5 Å². The number of carbonyl (C=O) groups excluding carboxylic acids is 1. The van der Waals surface area contributed by atoms with Crippen molar-refractivity contribution in [2.24, 2.45) is 0 Å². The molecule has 9 heteroatoms. The van der Waals surface area contributed by atoms with E-state index >= 15 is 0 Å². The summed E-state index contributed by atoms with van der Waals surface area (Å²) in [7, 11) is 1.64. The van der Waals surface area contributed by atoms with E-state index in [4.69, 9.17) is 14.2 Å². The van der Waals surface area contributed by atoms with Gasteiger partial charge in [-0.2, -0.15) is 5.10 Å². The molecule has 0 aliphatic carbocycles. The molecule has 2 aromatic heterocycles. The second-order valence-corrected chi connectivity index (χ2v) is 8.02. The molecule has 0 saturated heterocycles. The molecule has 0 spiro atoms. The zero-order chi connectivity index (χ0) is 21.9. The van der Waals surface area contributed by atoms with Crippen molar-refractivity contribution in [1.29, 1.82) is 0 Å². The Kier molecular flexibility index (Phi) is 5.55. The van der Waals surface area contributed by atoms with Gasteiger partial charge in [-0.05, 0) is 48.5 Å². The first-order valence-corrected chi connectivity index (χ1v) is 11.0. The number of anilines is 1. The number of nitrogens with zero attached hydrogens (tertiary/aromatic N) is 3.